The Bertz CT molecular complexity index is 306. The molecule has 0 unspecified atom stereocenters. The van der Waals surface area contributed by atoms with Crippen LogP contribution in [0.1, 0.15) is 39.5 Å². The van der Waals surface area contributed by atoms with E-state index in [9.17, 15) is 9.59 Å². The van der Waals surface area contributed by atoms with Crippen LogP contribution in [0.2, 0.25) is 0 Å². The summed E-state index contributed by atoms with van der Waals surface area (Å²) in [5.74, 6) is -0.440. The summed E-state index contributed by atoms with van der Waals surface area (Å²) in [7, 11) is 1.37. The fourth-order valence-corrected chi connectivity index (χ4v) is 1.22. The van der Waals surface area contributed by atoms with Crippen LogP contribution < -0.4 is 5.32 Å². The van der Waals surface area contributed by atoms with Crippen molar-refractivity contribution in [2.45, 2.75) is 39.5 Å². The molecule has 0 aliphatic heterocycles. The molecule has 0 saturated heterocycles. The Morgan fingerprint density at radius 1 is 1.35 bits per heavy atom. The van der Waals surface area contributed by atoms with Gasteiger partial charge in [0.2, 0.25) is 5.91 Å². The molecule has 0 heterocycles. The number of methoxy groups -OCH3 is 1. The van der Waals surface area contributed by atoms with E-state index < -0.39 is 0 Å². The molecule has 0 aliphatic rings. The number of amides is 1. The smallest absolute Gasteiger partial charge is 0.333 e. The van der Waals surface area contributed by atoms with Gasteiger partial charge in [-0.3, -0.25) is 4.79 Å². The van der Waals surface area contributed by atoms with Gasteiger partial charge in [-0.25, -0.2) is 4.79 Å². The number of esters is 1. The molecule has 0 aromatic rings. The lowest BCUT2D eigenvalue weighted by Gasteiger charge is -2.02. The van der Waals surface area contributed by atoms with Crippen molar-refractivity contribution in [2.24, 2.45) is 0 Å². The van der Waals surface area contributed by atoms with Crippen LogP contribution >= 0.6 is 0 Å². The summed E-state index contributed by atoms with van der Waals surface area (Å²) < 4.78 is 4.69. The average molecular weight is 239 g/mol. The molecule has 0 aliphatic carbocycles. The van der Waals surface area contributed by atoms with Crippen molar-refractivity contribution in [3.63, 3.8) is 0 Å². The molecule has 1 amide bonds. The van der Waals surface area contributed by atoms with E-state index in [4.69, 9.17) is 4.74 Å². The Hall–Kier alpha value is -1.58. The molecule has 0 rings (SSSR count). The Morgan fingerprint density at radius 2 is 2.06 bits per heavy atom. The molecule has 0 radical (unpaired) electrons. The maximum atomic E-state index is 11.4. The van der Waals surface area contributed by atoms with Gasteiger partial charge in [0.05, 0.1) is 7.11 Å². The highest BCUT2D eigenvalue weighted by Crippen LogP contribution is 2.08. The third-order valence-electron chi connectivity index (χ3n) is 2.14. The molecule has 0 aromatic carbocycles. The second-order valence-electron chi connectivity index (χ2n) is 3.67. The fraction of sp³-hybridized carbons (Fsp3) is 0.538. The lowest BCUT2D eigenvalue weighted by atomic mass is 10.1. The molecule has 0 atom stereocenters. The normalized spacial score (nSPS) is 11.6. The van der Waals surface area contributed by atoms with Gasteiger partial charge < -0.3 is 10.1 Å². The van der Waals surface area contributed by atoms with Crippen LogP contribution in [0.5, 0.6) is 0 Å². The number of unbranched alkanes of at least 4 members (excludes halogenated alkanes) is 2. The second-order valence-corrected chi connectivity index (χ2v) is 3.67. The number of carbonyl (C=O) groups is 2. The van der Waals surface area contributed by atoms with Gasteiger partial charge in [-0.1, -0.05) is 31.9 Å². The molecule has 0 spiro atoms. The molecule has 4 heteroatoms. The van der Waals surface area contributed by atoms with Crippen LogP contribution in [0.3, 0.4) is 0 Å². The summed E-state index contributed by atoms with van der Waals surface area (Å²) in [5.41, 5.74) is 0.627. The predicted molar refractivity (Wildman–Crippen MR) is 67.2 cm³/mol. The molecule has 0 aromatic heterocycles. The highest BCUT2D eigenvalue weighted by Gasteiger charge is 2.06. The SMILES string of the molecule is CCCC/C=C(/C/C=C/NC(C)=O)C(=O)OC. The fourth-order valence-electron chi connectivity index (χ4n) is 1.22. The summed E-state index contributed by atoms with van der Waals surface area (Å²) in [6.45, 7) is 3.53. The standard InChI is InChI=1S/C13H21NO3/c1-4-5-6-8-12(13(16)17-3)9-7-10-14-11(2)15/h7-8,10H,4-6,9H2,1-3H3,(H,14,15)/b10-7+,12-8-. The van der Waals surface area contributed by atoms with Crippen LogP contribution in [-0.2, 0) is 14.3 Å². The Morgan fingerprint density at radius 3 is 2.59 bits per heavy atom. The van der Waals surface area contributed by atoms with E-state index in [1.54, 1.807) is 12.3 Å². The van der Waals surface area contributed by atoms with Gasteiger partial charge in [0, 0.05) is 18.7 Å². The van der Waals surface area contributed by atoms with Crippen LogP contribution in [-0.4, -0.2) is 19.0 Å². The van der Waals surface area contributed by atoms with Crippen molar-refractivity contribution >= 4 is 11.9 Å². The number of ether oxygens (including phenoxy) is 1. The second kappa shape index (κ2) is 9.63. The number of carbonyl (C=O) groups excluding carboxylic acids is 2. The van der Waals surface area contributed by atoms with Gasteiger partial charge in [-0.05, 0) is 12.8 Å². The number of rotatable bonds is 7. The van der Waals surface area contributed by atoms with Crippen LogP contribution in [0.25, 0.3) is 0 Å². The monoisotopic (exact) mass is 239 g/mol. The summed E-state index contributed by atoms with van der Waals surface area (Å²) in [6, 6.07) is 0. The largest absolute Gasteiger partial charge is 0.466 e. The lowest BCUT2D eigenvalue weighted by Crippen LogP contribution is -2.11. The van der Waals surface area contributed by atoms with Crippen LogP contribution in [0, 0.1) is 0 Å². The topological polar surface area (TPSA) is 55.4 Å². The average Bonchev–Trinajstić information content (AvgIpc) is 2.31. The lowest BCUT2D eigenvalue weighted by molar-refractivity contribution is -0.136. The van der Waals surface area contributed by atoms with Gasteiger partial charge in [0.15, 0.2) is 0 Å². The molecule has 0 saturated carbocycles. The maximum Gasteiger partial charge on any atom is 0.333 e. The summed E-state index contributed by atoms with van der Waals surface area (Å²) in [4.78, 5) is 22.0. The highest BCUT2D eigenvalue weighted by molar-refractivity contribution is 5.88. The summed E-state index contributed by atoms with van der Waals surface area (Å²) >= 11 is 0. The van der Waals surface area contributed by atoms with E-state index in [0.717, 1.165) is 19.3 Å². The Labute approximate surface area is 103 Å². The molecular formula is C13H21NO3. The first kappa shape index (κ1) is 15.4. The van der Waals surface area contributed by atoms with Crippen molar-refractivity contribution in [1.82, 2.24) is 5.32 Å². The van der Waals surface area contributed by atoms with E-state index in [1.807, 2.05) is 6.08 Å². The first-order valence-electron chi connectivity index (χ1n) is 5.81. The molecule has 4 nitrogen and oxygen atoms in total. The minimum absolute atomic E-state index is 0.129. The Kier molecular flexibility index (Phi) is 8.74. The van der Waals surface area contributed by atoms with Crippen LogP contribution in [0.15, 0.2) is 23.9 Å². The third kappa shape index (κ3) is 8.25. The van der Waals surface area contributed by atoms with Crippen molar-refractivity contribution in [2.75, 3.05) is 7.11 Å². The molecule has 96 valence electrons. The zero-order chi connectivity index (χ0) is 13.1. The quantitative estimate of drug-likeness (QED) is 0.421. The van der Waals surface area contributed by atoms with Gasteiger partial charge in [-0.2, -0.15) is 0 Å². The van der Waals surface area contributed by atoms with Gasteiger partial charge in [-0.15, -0.1) is 0 Å². The van der Waals surface area contributed by atoms with Crippen molar-refractivity contribution in [3.8, 4) is 0 Å². The van der Waals surface area contributed by atoms with E-state index in [2.05, 4.69) is 12.2 Å². The predicted octanol–water partition coefficient (Wildman–Crippen LogP) is 2.32. The molecule has 17 heavy (non-hydrogen) atoms. The number of allylic oxidation sites excluding steroid dienone is 2. The van der Waals surface area contributed by atoms with Crippen molar-refractivity contribution in [1.29, 1.82) is 0 Å². The molecular weight excluding hydrogens is 218 g/mol. The van der Waals surface area contributed by atoms with E-state index in [0.29, 0.717) is 12.0 Å². The third-order valence-corrected chi connectivity index (χ3v) is 2.14. The van der Waals surface area contributed by atoms with Gasteiger partial charge in [0.25, 0.3) is 0 Å². The molecule has 0 fully saturated rings. The molecule has 0 bridgehead atoms. The minimum atomic E-state index is -0.312. The van der Waals surface area contributed by atoms with Gasteiger partial charge in [0.1, 0.15) is 0 Å². The zero-order valence-corrected chi connectivity index (χ0v) is 10.8. The number of nitrogens with one attached hydrogen (secondary N) is 1. The summed E-state index contributed by atoms with van der Waals surface area (Å²) in [5, 5.41) is 2.53. The van der Waals surface area contributed by atoms with E-state index in [1.165, 1.54) is 14.0 Å². The van der Waals surface area contributed by atoms with Gasteiger partial charge >= 0.3 is 5.97 Å². The summed E-state index contributed by atoms with van der Waals surface area (Å²) in [6.07, 6.45) is 8.65. The first-order chi connectivity index (χ1) is 8.11. The van der Waals surface area contributed by atoms with Crippen molar-refractivity contribution in [3.05, 3.63) is 23.9 Å². The van der Waals surface area contributed by atoms with Crippen molar-refractivity contribution < 1.29 is 14.3 Å². The maximum absolute atomic E-state index is 11.4. The number of hydrogen-bond acceptors (Lipinski definition) is 3. The van der Waals surface area contributed by atoms with E-state index >= 15 is 0 Å². The van der Waals surface area contributed by atoms with Crippen LogP contribution in [0.4, 0.5) is 0 Å². The minimum Gasteiger partial charge on any atom is -0.466 e. The first-order valence-corrected chi connectivity index (χ1v) is 5.81. The zero-order valence-electron chi connectivity index (χ0n) is 10.8. The highest BCUT2D eigenvalue weighted by atomic mass is 16.5. The number of hydrogen-bond donors (Lipinski definition) is 1. The van der Waals surface area contributed by atoms with E-state index in [-0.39, 0.29) is 11.9 Å². The Balaban J connectivity index is 4.29. The molecule has 1 N–H and O–H groups in total.